The summed E-state index contributed by atoms with van der Waals surface area (Å²) < 4.78 is 5.66. The molecule has 0 bridgehead atoms. The normalized spacial score (nSPS) is 10.6. The third-order valence-electron chi connectivity index (χ3n) is 3.29. The van der Waals surface area contributed by atoms with Crippen LogP contribution in [0.2, 0.25) is 0 Å². The first kappa shape index (κ1) is 15.5. The minimum Gasteiger partial charge on any atom is -0.487 e. The van der Waals surface area contributed by atoms with Crippen LogP contribution in [0.5, 0.6) is 5.75 Å². The number of thiazole rings is 1. The molecular formula is C16H20N2O2S. The van der Waals surface area contributed by atoms with Gasteiger partial charge in [-0.05, 0) is 31.0 Å². The monoisotopic (exact) mass is 304 g/mol. The second-order valence-corrected chi connectivity index (χ2v) is 5.50. The minimum absolute atomic E-state index is 0.0530. The Morgan fingerprint density at radius 1 is 1.38 bits per heavy atom. The molecule has 1 aromatic heterocycles. The molecule has 21 heavy (non-hydrogen) atoms. The number of hydrogen-bond donors (Lipinski definition) is 1. The number of carbonyl (C=O) groups is 1. The van der Waals surface area contributed by atoms with E-state index in [1.54, 1.807) is 17.6 Å². The number of nitrogens with zero attached hydrogens (tertiary/aromatic N) is 1. The van der Waals surface area contributed by atoms with Crippen LogP contribution in [0, 0.1) is 0 Å². The standard InChI is InChI=1S/C16H20N2O2S/c1-3-13(4-2)18-16(19)12-6-5-7-15(8-12)20-9-14-10-21-11-17-14/h5-8,10-11,13H,3-4,9H2,1-2H3,(H,18,19). The van der Waals surface area contributed by atoms with E-state index in [-0.39, 0.29) is 11.9 Å². The summed E-state index contributed by atoms with van der Waals surface area (Å²) in [5, 5.41) is 4.97. The van der Waals surface area contributed by atoms with Gasteiger partial charge >= 0.3 is 0 Å². The molecule has 0 aliphatic rings. The molecule has 112 valence electrons. The van der Waals surface area contributed by atoms with Gasteiger partial charge in [-0.3, -0.25) is 4.79 Å². The molecule has 5 heteroatoms. The molecule has 0 aliphatic heterocycles. The van der Waals surface area contributed by atoms with Crippen molar-refractivity contribution in [2.75, 3.05) is 0 Å². The summed E-state index contributed by atoms with van der Waals surface area (Å²) in [4.78, 5) is 16.3. The SMILES string of the molecule is CCC(CC)NC(=O)c1cccc(OCc2cscn2)c1. The average molecular weight is 304 g/mol. The van der Waals surface area contributed by atoms with E-state index >= 15 is 0 Å². The van der Waals surface area contributed by atoms with Crippen LogP contribution >= 0.6 is 11.3 Å². The number of aromatic nitrogens is 1. The lowest BCUT2D eigenvalue weighted by molar-refractivity contribution is 0.0934. The first-order valence-electron chi connectivity index (χ1n) is 7.13. The minimum atomic E-state index is -0.0530. The Kier molecular flexibility index (Phi) is 5.75. The number of nitrogens with one attached hydrogen (secondary N) is 1. The van der Waals surface area contributed by atoms with Crippen LogP contribution in [0.3, 0.4) is 0 Å². The van der Waals surface area contributed by atoms with E-state index in [1.165, 1.54) is 11.3 Å². The van der Waals surface area contributed by atoms with Crippen molar-refractivity contribution in [1.29, 1.82) is 0 Å². The Balaban J connectivity index is 1.98. The number of benzene rings is 1. The summed E-state index contributed by atoms with van der Waals surface area (Å²) in [5.74, 6) is 0.628. The van der Waals surface area contributed by atoms with Crippen LogP contribution in [-0.2, 0) is 6.61 Å². The third-order valence-corrected chi connectivity index (χ3v) is 3.92. The average Bonchev–Trinajstić information content (AvgIpc) is 3.04. The first-order chi connectivity index (χ1) is 10.2. The number of amides is 1. The fourth-order valence-electron chi connectivity index (χ4n) is 1.95. The van der Waals surface area contributed by atoms with Crippen molar-refractivity contribution in [1.82, 2.24) is 10.3 Å². The molecule has 1 heterocycles. The highest BCUT2D eigenvalue weighted by atomic mass is 32.1. The van der Waals surface area contributed by atoms with Gasteiger partial charge in [-0.1, -0.05) is 19.9 Å². The van der Waals surface area contributed by atoms with E-state index in [0.29, 0.717) is 17.9 Å². The highest BCUT2D eigenvalue weighted by Gasteiger charge is 2.11. The second kappa shape index (κ2) is 7.78. The first-order valence-corrected chi connectivity index (χ1v) is 8.08. The van der Waals surface area contributed by atoms with Gasteiger partial charge in [0.2, 0.25) is 0 Å². The number of ether oxygens (including phenoxy) is 1. The predicted molar refractivity (Wildman–Crippen MR) is 84.7 cm³/mol. The molecule has 1 N–H and O–H groups in total. The van der Waals surface area contributed by atoms with Crippen molar-refractivity contribution in [3.05, 3.63) is 46.4 Å². The Morgan fingerprint density at radius 3 is 2.86 bits per heavy atom. The van der Waals surface area contributed by atoms with Crippen LogP contribution in [0.4, 0.5) is 0 Å². The molecule has 0 saturated carbocycles. The Bertz CT molecular complexity index is 565. The maximum Gasteiger partial charge on any atom is 0.251 e. The van der Waals surface area contributed by atoms with Crippen LogP contribution in [0.15, 0.2) is 35.2 Å². The van der Waals surface area contributed by atoms with Crippen LogP contribution < -0.4 is 10.1 Å². The summed E-state index contributed by atoms with van der Waals surface area (Å²) in [6.07, 6.45) is 1.87. The Labute approximate surface area is 129 Å². The molecule has 2 aromatic rings. The fourth-order valence-corrected chi connectivity index (χ4v) is 2.50. The van der Waals surface area contributed by atoms with Gasteiger partial charge in [-0.15, -0.1) is 11.3 Å². The van der Waals surface area contributed by atoms with Gasteiger partial charge in [-0.25, -0.2) is 4.98 Å². The van der Waals surface area contributed by atoms with Crippen LogP contribution in [0.1, 0.15) is 42.7 Å². The molecule has 4 nitrogen and oxygen atoms in total. The molecule has 0 fully saturated rings. The zero-order valence-electron chi connectivity index (χ0n) is 12.3. The molecule has 0 unspecified atom stereocenters. The van der Waals surface area contributed by atoms with Crippen molar-refractivity contribution in [3.8, 4) is 5.75 Å². The molecule has 0 radical (unpaired) electrons. The van der Waals surface area contributed by atoms with Crippen molar-refractivity contribution >= 4 is 17.2 Å². The van der Waals surface area contributed by atoms with E-state index in [9.17, 15) is 4.79 Å². The molecular weight excluding hydrogens is 284 g/mol. The smallest absolute Gasteiger partial charge is 0.251 e. The van der Waals surface area contributed by atoms with Gasteiger partial charge in [0.15, 0.2) is 0 Å². The third kappa shape index (κ3) is 4.56. The summed E-state index contributed by atoms with van der Waals surface area (Å²) in [5.41, 5.74) is 3.29. The predicted octanol–water partition coefficient (Wildman–Crippen LogP) is 3.64. The number of carbonyl (C=O) groups excluding carboxylic acids is 1. The van der Waals surface area contributed by atoms with E-state index in [1.807, 2.05) is 17.5 Å². The maximum atomic E-state index is 12.2. The van der Waals surface area contributed by atoms with Crippen LogP contribution in [0.25, 0.3) is 0 Å². The van der Waals surface area contributed by atoms with Crippen molar-refractivity contribution < 1.29 is 9.53 Å². The zero-order valence-corrected chi connectivity index (χ0v) is 13.2. The second-order valence-electron chi connectivity index (χ2n) is 4.78. The molecule has 0 spiro atoms. The van der Waals surface area contributed by atoms with Gasteiger partial charge < -0.3 is 10.1 Å². The van der Waals surface area contributed by atoms with Gasteiger partial charge in [0, 0.05) is 17.0 Å². The highest BCUT2D eigenvalue weighted by Crippen LogP contribution is 2.15. The lowest BCUT2D eigenvalue weighted by Gasteiger charge is -2.15. The maximum absolute atomic E-state index is 12.2. The topological polar surface area (TPSA) is 51.2 Å². The number of hydrogen-bond acceptors (Lipinski definition) is 4. The molecule has 1 aromatic carbocycles. The van der Waals surface area contributed by atoms with Gasteiger partial charge in [0.1, 0.15) is 12.4 Å². The lowest BCUT2D eigenvalue weighted by Crippen LogP contribution is -2.33. The van der Waals surface area contributed by atoms with Crippen LogP contribution in [-0.4, -0.2) is 16.9 Å². The van der Waals surface area contributed by atoms with Gasteiger partial charge in [0.05, 0.1) is 11.2 Å². The quantitative estimate of drug-likeness (QED) is 0.849. The summed E-state index contributed by atoms with van der Waals surface area (Å²) in [7, 11) is 0. The molecule has 1 amide bonds. The largest absolute Gasteiger partial charge is 0.487 e. The zero-order chi connectivity index (χ0) is 15.1. The Morgan fingerprint density at radius 2 is 2.19 bits per heavy atom. The van der Waals surface area contributed by atoms with Gasteiger partial charge in [-0.2, -0.15) is 0 Å². The highest BCUT2D eigenvalue weighted by molar-refractivity contribution is 7.07. The number of rotatable bonds is 7. The van der Waals surface area contributed by atoms with Crippen molar-refractivity contribution in [2.24, 2.45) is 0 Å². The summed E-state index contributed by atoms with van der Waals surface area (Å²) >= 11 is 1.54. The molecule has 0 atom stereocenters. The molecule has 0 aliphatic carbocycles. The Hall–Kier alpha value is -1.88. The summed E-state index contributed by atoms with van der Waals surface area (Å²) in [6, 6.07) is 7.47. The molecule has 0 saturated heterocycles. The van der Waals surface area contributed by atoms with E-state index in [2.05, 4.69) is 24.1 Å². The lowest BCUT2D eigenvalue weighted by atomic mass is 10.1. The van der Waals surface area contributed by atoms with Crippen molar-refractivity contribution in [3.63, 3.8) is 0 Å². The summed E-state index contributed by atoms with van der Waals surface area (Å²) in [6.45, 7) is 4.56. The van der Waals surface area contributed by atoms with E-state index in [4.69, 9.17) is 4.74 Å². The van der Waals surface area contributed by atoms with E-state index < -0.39 is 0 Å². The van der Waals surface area contributed by atoms with Gasteiger partial charge in [0.25, 0.3) is 5.91 Å². The fraction of sp³-hybridized carbons (Fsp3) is 0.375. The van der Waals surface area contributed by atoms with Crippen molar-refractivity contribution in [2.45, 2.75) is 39.3 Å². The molecule has 2 rings (SSSR count). The van der Waals surface area contributed by atoms with E-state index in [0.717, 1.165) is 18.5 Å².